The zero-order valence-corrected chi connectivity index (χ0v) is 22.7. The molecule has 2 rings (SSSR count). The van der Waals surface area contributed by atoms with E-state index in [0.29, 0.717) is 35.5 Å². The Kier molecular flexibility index (Phi) is 10.6. The number of guanidine groups is 1. The van der Waals surface area contributed by atoms with Crippen molar-refractivity contribution in [3.8, 4) is 23.1 Å². The summed E-state index contributed by atoms with van der Waals surface area (Å²) in [4.78, 5) is 17.8. The van der Waals surface area contributed by atoms with Gasteiger partial charge in [0.2, 0.25) is 5.96 Å². The first kappa shape index (κ1) is 30.5. The van der Waals surface area contributed by atoms with E-state index < -0.39 is 17.7 Å². The molecule has 0 radical (unpaired) electrons. The predicted molar refractivity (Wildman–Crippen MR) is 140 cm³/mol. The van der Waals surface area contributed by atoms with Gasteiger partial charge in [-0.3, -0.25) is 9.79 Å². The van der Waals surface area contributed by atoms with Crippen molar-refractivity contribution in [1.29, 1.82) is 5.26 Å². The molecule has 10 heteroatoms. The van der Waals surface area contributed by atoms with Crippen LogP contribution in [-0.2, 0) is 28.7 Å². The fourth-order valence-corrected chi connectivity index (χ4v) is 3.65. The number of hydrogen-bond acceptors (Lipinski definition) is 5. The molecular formula is C28H35F3N4O3. The largest absolute Gasteiger partial charge is 0.496 e. The van der Waals surface area contributed by atoms with E-state index in [1.807, 2.05) is 27.7 Å². The second-order valence-corrected chi connectivity index (χ2v) is 9.80. The van der Waals surface area contributed by atoms with E-state index in [9.17, 15) is 23.2 Å². The van der Waals surface area contributed by atoms with Crippen LogP contribution in [0.2, 0.25) is 0 Å². The molecule has 0 aromatic heterocycles. The summed E-state index contributed by atoms with van der Waals surface area (Å²) in [6, 6.07) is 8.43. The average Bonchev–Trinajstić information content (AvgIpc) is 2.84. The van der Waals surface area contributed by atoms with Crippen molar-refractivity contribution < 1.29 is 27.4 Å². The second-order valence-electron chi connectivity index (χ2n) is 9.80. The van der Waals surface area contributed by atoms with Gasteiger partial charge in [-0.1, -0.05) is 32.9 Å². The van der Waals surface area contributed by atoms with E-state index in [1.54, 1.807) is 25.1 Å². The normalized spacial score (nSPS) is 12.1. The van der Waals surface area contributed by atoms with Crippen LogP contribution in [0.4, 0.5) is 13.2 Å². The van der Waals surface area contributed by atoms with Crippen LogP contribution in [-0.4, -0.2) is 43.6 Å². The summed E-state index contributed by atoms with van der Waals surface area (Å²) in [5.41, 5.74) is 0.791. The molecule has 0 aliphatic rings. The van der Waals surface area contributed by atoms with Crippen molar-refractivity contribution in [2.45, 2.75) is 53.8 Å². The number of hydrogen-bond donors (Lipinski definition) is 1. The van der Waals surface area contributed by atoms with Crippen LogP contribution in [0.1, 0.15) is 51.3 Å². The molecule has 0 spiro atoms. The smallest absolute Gasteiger partial charge is 0.416 e. The van der Waals surface area contributed by atoms with Crippen molar-refractivity contribution in [2.24, 2.45) is 10.4 Å². The number of rotatable bonds is 9. The third-order valence-electron chi connectivity index (χ3n) is 5.38. The summed E-state index contributed by atoms with van der Waals surface area (Å²) in [5.74, 6) is 0.268. The molecule has 0 heterocycles. The first-order valence-electron chi connectivity index (χ1n) is 12.3. The molecule has 0 unspecified atom stereocenters. The van der Waals surface area contributed by atoms with Gasteiger partial charge in [-0.2, -0.15) is 18.4 Å². The number of aliphatic imine (C=N–C) groups is 1. The monoisotopic (exact) mass is 532 g/mol. The Morgan fingerprint density at radius 3 is 2.37 bits per heavy atom. The molecule has 38 heavy (non-hydrogen) atoms. The highest BCUT2D eigenvalue weighted by atomic mass is 19.4. The number of nitriles is 1. The number of nitrogens with zero attached hydrogens (tertiary/aromatic N) is 3. The maximum absolute atomic E-state index is 13.7. The third kappa shape index (κ3) is 8.68. The molecule has 7 nitrogen and oxygen atoms in total. The summed E-state index contributed by atoms with van der Waals surface area (Å²) in [5, 5.41) is 13.0. The number of carbonyl (C=O) groups is 1. The number of halogens is 3. The highest BCUT2D eigenvalue weighted by Crippen LogP contribution is 2.38. The van der Waals surface area contributed by atoms with Gasteiger partial charge in [0.1, 0.15) is 5.75 Å². The summed E-state index contributed by atoms with van der Waals surface area (Å²) >= 11 is 0. The summed E-state index contributed by atoms with van der Waals surface area (Å²) < 4.78 is 51.6. The lowest BCUT2D eigenvalue weighted by molar-refractivity contribution is -0.142. The average molecular weight is 533 g/mol. The molecule has 0 aliphatic heterocycles. The van der Waals surface area contributed by atoms with Crippen molar-refractivity contribution in [1.82, 2.24) is 10.2 Å². The Morgan fingerprint density at radius 1 is 1.11 bits per heavy atom. The van der Waals surface area contributed by atoms with Crippen LogP contribution >= 0.6 is 0 Å². The van der Waals surface area contributed by atoms with E-state index in [4.69, 9.17) is 9.47 Å². The Bertz CT molecular complexity index is 1180. The van der Waals surface area contributed by atoms with E-state index in [2.05, 4.69) is 16.5 Å². The number of ether oxygens (including phenoxy) is 2. The van der Waals surface area contributed by atoms with Crippen LogP contribution in [0.5, 0.6) is 5.75 Å². The number of alkyl halides is 3. The lowest BCUT2D eigenvalue weighted by Crippen LogP contribution is -2.39. The molecule has 1 N–H and O–H groups in total. The molecule has 0 atom stereocenters. The van der Waals surface area contributed by atoms with E-state index >= 15 is 0 Å². The highest BCUT2D eigenvalue weighted by Gasteiger charge is 2.32. The zero-order chi connectivity index (χ0) is 28.5. The lowest BCUT2D eigenvalue weighted by atomic mass is 9.94. The Balaban J connectivity index is 2.65. The minimum atomic E-state index is -4.58. The molecular weight excluding hydrogens is 497 g/mol. The first-order chi connectivity index (χ1) is 17.8. The molecule has 0 fully saturated rings. The minimum absolute atomic E-state index is 0.00481. The van der Waals surface area contributed by atoms with Gasteiger partial charge in [0.25, 0.3) is 0 Å². The molecule has 0 amide bonds. The lowest BCUT2D eigenvalue weighted by Gasteiger charge is -2.23. The number of carbonyl (C=O) groups excluding carboxylic acids is 1. The Morgan fingerprint density at radius 2 is 1.82 bits per heavy atom. The molecule has 0 saturated carbocycles. The molecule has 2 aromatic carbocycles. The van der Waals surface area contributed by atoms with Crippen molar-refractivity contribution in [2.75, 3.05) is 26.8 Å². The summed E-state index contributed by atoms with van der Waals surface area (Å²) in [6.45, 7) is 10.5. The number of esters is 1. The topological polar surface area (TPSA) is 87.0 Å². The van der Waals surface area contributed by atoms with Gasteiger partial charge in [-0.25, -0.2) is 4.90 Å². The fraction of sp³-hybridized carbons (Fsp3) is 0.464. The van der Waals surface area contributed by atoms with E-state index in [0.717, 1.165) is 12.1 Å². The van der Waals surface area contributed by atoms with Crippen LogP contribution in [0, 0.1) is 16.9 Å². The Labute approximate surface area is 222 Å². The second kappa shape index (κ2) is 13.2. The van der Waals surface area contributed by atoms with Gasteiger partial charge in [0, 0.05) is 18.7 Å². The first-order valence-corrected chi connectivity index (χ1v) is 12.3. The standard InChI is InChI=1S/C28H35F3N4O3/c1-7-33-26(34-17-27(3,4)5)35(18-32)16-20-15-21(28(29,30)31)10-11-22(20)23-13-19(9-12-24(23)37-6)14-25(36)38-8-2/h9-13,15H,7-8,14,16-17H2,1-6H3,(H,33,34). The number of benzene rings is 2. The van der Waals surface area contributed by atoms with Crippen molar-refractivity contribution >= 4 is 11.9 Å². The van der Waals surface area contributed by atoms with Crippen molar-refractivity contribution in [3.63, 3.8) is 0 Å². The molecule has 0 aliphatic carbocycles. The summed E-state index contributed by atoms with van der Waals surface area (Å²) in [6.07, 6.45) is -2.53. The highest BCUT2D eigenvalue weighted by molar-refractivity contribution is 5.82. The van der Waals surface area contributed by atoms with E-state index in [1.165, 1.54) is 18.1 Å². The van der Waals surface area contributed by atoms with Gasteiger partial charge in [-0.15, -0.1) is 0 Å². The zero-order valence-electron chi connectivity index (χ0n) is 22.7. The number of nitrogens with one attached hydrogen (secondary N) is 1. The minimum Gasteiger partial charge on any atom is -0.496 e. The van der Waals surface area contributed by atoms with Crippen molar-refractivity contribution in [3.05, 3.63) is 53.1 Å². The van der Waals surface area contributed by atoms with Gasteiger partial charge < -0.3 is 14.8 Å². The van der Waals surface area contributed by atoms with Crippen LogP contribution in [0.15, 0.2) is 41.4 Å². The molecule has 2 aromatic rings. The predicted octanol–water partition coefficient (Wildman–Crippen LogP) is 5.78. The molecule has 0 saturated heterocycles. The SMILES string of the molecule is CCNC(=NCC(C)(C)C)N(C#N)Cc1cc(C(F)(F)F)ccc1-c1cc(CC(=O)OCC)ccc1OC. The molecule has 0 bridgehead atoms. The van der Waals surface area contributed by atoms with Gasteiger partial charge in [-0.05, 0) is 60.2 Å². The quantitative estimate of drug-likeness (QED) is 0.145. The van der Waals surface area contributed by atoms with Crippen LogP contribution < -0.4 is 10.1 Å². The van der Waals surface area contributed by atoms with Crippen LogP contribution in [0.25, 0.3) is 11.1 Å². The van der Waals surface area contributed by atoms with Gasteiger partial charge in [0.05, 0.1) is 32.2 Å². The van der Waals surface area contributed by atoms with Crippen LogP contribution in [0.3, 0.4) is 0 Å². The Hall–Kier alpha value is -3.74. The summed E-state index contributed by atoms with van der Waals surface area (Å²) in [7, 11) is 1.46. The number of methoxy groups -OCH3 is 1. The maximum atomic E-state index is 13.7. The molecule has 206 valence electrons. The third-order valence-corrected chi connectivity index (χ3v) is 5.38. The van der Waals surface area contributed by atoms with Gasteiger partial charge in [0.15, 0.2) is 6.19 Å². The van der Waals surface area contributed by atoms with E-state index in [-0.39, 0.29) is 36.5 Å². The fourth-order valence-electron chi connectivity index (χ4n) is 3.65. The van der Waals surface area contributed by atoms with Gasteiger partial charge >= 0.3 is 12.1 Å². The maximum Gasteiger partial charge on any atom is 0.416 e.